The van der Waals surface area contributed by atoms with E-state index in [0.29, 0.717) is 11.3 Å². The van der Waals surface area contributed by atoms with Crippen molar-refractivity contribution >= 4 is 35.5 Å². The Morgan fingerprint density at radius 1 is 1.04 bits per heavy atom. The third-order valence-electron chi connectivity index (χ3n) is 3.26. The van der Waals surface area contributed by atoms with Gasteiger partial charge < -0.3 is 20.8 Å². The Morgan fingerprint density at radius 3 is 2.20 bits per heavy atom. The number of nitrogens with one attached hydrogen (secondary N) is 2. The lowest BCUT2D eigenvalue weighted by Crippen LogP contribution is -2.52. The molecule has 0 radical (unpaired) electrons. The van der Waals surface area contributed by atoms with Crippen LogP contribution in [-0.4, -0.2) is 58.1 Å². The molecular weight excluding hydrogens is 348 g/mol. The van der Waals surface area contributed by atoms with Crippen molar-refractivity contribution in [2.75, 3.05) is 12.0 Å². The molecule has 25 heavy (non-hydrogen) atoms. The molecule has 1 aromatic rings. The lowest BCUT2D eigenvalue weighted by Gasteiger charge is -2.20. The SMILES string of the molecule is CSCC[C@H](NC(=O)c1ccccc1)C(=O)N[C@@H](CC(=O)O)C(=O)O. The molecule has 0 aliphatic carbocycles. The smallest absolute Gasteiger partial charge is 0.326 e. The van der Waals surface area contributed by atoms with E-state index in [1.165, 1.54) is 11.8 Å². The summed E-state index contributed by atoms with van der Waals surface area (Å²) >= 11 is 1.46. The fraction of sp³-hybridized carbons (Fsp3) is 0.375. The van der Waals surface area contributed by atoms with Gasteiger partial charge >= 0.3 is 11.9 Å². The number of aliphatic carboxylic acids is 2. The topological polar surface area (TPSA) is 133 Å². The van der Waals surface area contributed by atoms with Crippen molar-refractivity contribution < 1.29 is 29.4 Å². The van der Waals surface area contributed by atoms with E-state index in [2.05, 4.69) is 10.6 Å². The summed E-state index contributed by atoms with van der Waals surface area (Å²) in [7, 11) is 0. The van der Waals surface area contributed by atoms with Gasteiger partial charge in [-0.25, -0.2) is 4.79 Å². The number of carboxylic acids is 2. The summed E-state index contributed by atoms with van der Waals surface area (Å²) in [6.07, 6.45) is 1.37. The van der Waals surface area contributed by atoms with Gasteiger partial charge in [-0.05, 0) is 30.6 Å². The van der Waals surface area contributed by atoms with E-state index in [0.717, 1.165) is 0 Å². The average molecular weight is 368 g/mol. The predicted octanol–water partition coefficient (Wildman–Crippen LogP) is 0.582. The van der Waals surface area contributed by atoms with E-state index in [-0.39, 0.29) is 6.42 Å². The van der Waals surface area contributed by atoms with Crippen molar-refractivity contribution in [2.24, 2.45) is 0 Å². The van der Waals surface area contributed by atoms with Crippen LogP contribution >= 0.6 is 11.8 Å². The first kappa shape index (κ1) is 20.5. The lowest BCUT2D eigenvalue weighted by molar-refractivity contribution is -0.147. The third-order valence-corrected chi connectivity index (χ3v) is 3.91. The molecule has 0 spiro atoms. The van der Waals surface area contributed by atoms with Crippen molar-refractivity contribution in [3.8, 4) is 0 Å². The van der Waals surface area contributed by atoms with Crippen LogP contribution in [-0.2, 0) is 14.4 Å². The summed E-state index contributed by atoms with van der Waals surface area (Å²) in [5, 5.41) is 22.5. The number of amides is 2. The van der Waals surface area contributed by atoms with E-state index in [9.17, 15) is 19.2 Å². The van der Waals surface area contributed by atoms with Crippen LogP contribution in [0.3, 0.4) is 0 Å². The van der Waals surface area contributed by atoms with Gasteiger partial charge in [-0.2, -0.15) is 11.8 Å². The molecule has 0 fully saturated rings. The van der Waals surface area contributed by atoms with Gasteiger partial charge in [0, 0.05) is 5.56 Å². The highest BCUT2D eigenvalue weighted by atomic mass is 32.2. The molecule has 9 heteroatoms. The Hall–Kier alpha value is -2.55. The van der Waals surface area contributed by atoms with Gasteiger partial charge in [-0.15, -0.1) is 0 Å². The summed E-state index contributed by atoms with van der Waals surface area (Å²) in [5.41, 5.74) is 0.366. The molecule has 0 aliphatic rings. The molecule has 136 valence electrons. The fourth-order valence-electron chi connectivity index (χ4n) is 1.98. The molecule has 4 N–H and O–H groups in total. The second-order valence-electron chi connectivity index (χ2n) is 5.17. The van der Waals surface area contributed by atoms with E-state index >= 15 is 0 Å². The Balaban J connectivity index is 2.82. The molecule has 2 atom stereocenters. The van der Waals surface area contributed by atoms with E-state index in [1.54, 1.807) is 30.3 Å². The normalized spacial score (nSPS) is 12.7. The van der Waals surface area contributed by atoms with Crippen molar-refractivity contribution in [1.82, 2.24) is 10.6 Å². The molecule has 0 bridgehead atoms. The molecule has 0 saturated heterocycles. The Labute approximate surface area is 149 Å². The minimum atomic E-state index is -1.56. The monoisotopic (exact) mass is 368 g/mol. The maximum Gasteiger partial charge on any atom is 0.326 e. The van der Waals surface area contributed by atoms with Gasteiger partial charge in [0.2, 0.25) is 5.91 Å². The summed E-state index contributed by atoms with van der Waals surface area (Å²) in [6, 6.07) is 5.76. The van der Waals surface area contributed by atoms with Crippen LogP contribution < -0.4 is 10.6 Å². The quantitative estimate of drug-likeness (QED) is 0.475. The number of thioether (sulfide) groups is 1. The maximum absolute atomic E-state index is 12.3. The fourth-order valence-corrected chi connectivity index (χ4v) is 2.45. The highest BCUT2D eigenvalue weighted by molar-refractivity contribution is 7.98. The number of rotatable bonds is 10. The van der Waals surface area contributed by atoms with E-state index in [1.807, 2.05) is 6.26 Å². The molecule has 1 rings (SSSR count). The van der Waals surface area contributed by atoms with Gasteiger partial charge in [-0.3, -0.25) is 14.4 Å². The van der Waals surface area contributed by atoms with E-state index in [4.69, 9.17) is 10.2 Å². The number of hydrogen-bond acceptors (Lipinski definition) is 5. The van der Waals surface area contributed by atoms with Crippen molar-refractivity contribution in [2.45, 2.75) is 24.9 Å². The Bertz CT molecular complexity index is 622. The molecular formula is C16H20N2O6S. The largest absolute Gasteiger partial charge is 0.481 e. The third kappa shape index (κ3) is 7.25. The molecule has 0 aromatic heterocycles. The summed E-state index contributed by atoms with van der Waals surface area (Å²) in [6.45, 7) is 0. The minimum Gasteiger partial charge on any atom is -0.481 e. The van der Waals surface area contributed by atoms with Crippen LogP contribution in [0, 0.1) is 0 Å². The van der Waals surface area contributed by atoms with Crippen LogP contribution in [0.5, 0.6) is 0 Å². The van der Waals surface area contributed by atoms with Crippen LogP contribution in [0.2, 0.25) is 0 Å². The molecule has 8 nitrogen and oxygen atoms in total. The number of carboxylic acid groups (broad SMARTS) is 2. The standard InChI is InChI=1S/C16H20N2O6S/c1-25-8-7-11(17-14(21)10-5-3-2-4-6-10)15(22)18-12(16(23)24)9-13(19)20/h2-6,11-12H,7-9H2,1H3,(H,17,21)(H,18,22)(H,19,20)(H,23,24)/t11-,12-/m0/s1. The van der Waals surface area contributed by atoms with Crippen molar-refractivity contribution in [1.29, 1.82) is 0 Å². The Morgan fingerprint density at radius 2 is 1.68 bits per heavy atom. The number of benzene rings is 1. The second kappa shape index (κ2) is 10.3. The summed E-state index contributed by atoms with van der Waals surface area (Å²) in [5.74, 6) is -3.43. The van der Waals surface area contributed by atoms with Crippen LogP contribution in [0.25, 0.3) is 0 Å². The summed E-state index contributed by atoms with van der Waals surface area (Å²) in [4.78, 5) is 46.3. The van der Waals surface area contributed by atoms with Crippen molar-refractivity contribution in [3.63, 3.8) is 0 Å². The van der Waals surface area contributed by atoms with Gasteiger partial charge in [0.1, 0.15) is 12.1 Å². The van der Waals surface area contributed by atoms with Crippen molar-refractivity contribution in [3.05, 3.63) is 35.9 Å². The molecule has 0 heterocycles. The molecule has 1 aromatic carbocycles. The molecule has 2 amide bonds. The molecule has 0 aliphatic heterocycles. The van der Waals surface area contributed by atoms with Crippen LogP contribution in [0.15, 0.2) is 30.3 Å². The highest BCUT2D eigenvalue weighted by Gasteiger charge is 2.28. The minimum absolute atomic E-state index is 0.283. The van der Waals surface area contributed by atoms with E-state index < -0.39 is 42.3 Å². The zero-order valence-electron chi connectivity index (χ0n) is 13.6. The highest BCUT2D eigenvalue weighted by Crippen LogP contribution is 2.05. The zero-order valence-corrected chi connectivity index (χ0v) is 14.4. The number of carbonyl (C=O) groups excluding carboxylic acids is 2. The first-order valence-electron chi connectivity index (χ1n) is 7.45. The first-order valence-corrected chi connectivity index (χ1v) is 8.84. The second-order valence-corrected chi connectivity index (χ2v) is 6.16. The van der Waals surface area contributed by atoms with Crippen LogP contribution in [0.4, 0.5) is 0 Å². The summed E-state index contributed by atoms with van der Waals surface area (Å²) < 4.78 is 0. The Kier molecular flexibility index (Phi) is 8.48. The molecule has 0 saturated carbocycles. The first-order chi connectivity index (χ1) is 11.8. The molecule has 0 unspecified atom stereocenters. The van der Waals surface area contributed by atoms with Gasteiger partial charge in [-0.1, -0.05) is 18.2 Å². The maximum atomic E-state index is 12.3. The van der Waals surface area contributed by atoms with Gasteiger partial charge in [0.15, 0.2) is 0 Å². The number of hydrogen-bond donors (Lipinski definition) is 4. The van der Waals surface area contributed by atoms with Gasteiger partial charge in [0.05, 0.1) is 6.42 Å². The average Bonchev–Trinajstić information content (AvgIpc) is 2.57. The van der Waals surface area contributed by atoms with Crippen LogP contribution in [0.1, 0.15) is 23.2 Å². The van der Waals surface area contributed by atoms with Gasteiger partial charge in [0.25, 0.3) is 5.91 Å². The predicted molar refractivity (Wildman–Crippen MR) is 92.5 cm³/mol. The zero-order chi connectivity index (χ0) is 18.8. The lowest BCUT2D eigenvalue weighted by atomic mass is 10.1. The number of carbonyl (C=O) groups is 4.